The van der Waals surface area contributed by atoms with Crippen molar-refractivity contribution in [1.29, 1.82) is 0 Å². The summed E-state index contributed by atoms with van der Waals surface area (Å²) in [5.41, 5.74) is 0. The predicted molar refractivity (Wildman–Crippen MR) is 83.9 cm³/mol. The number of nitrogens with zero attached hydrogens (tertiary/aromatic N) is 1. The van der Waals surface area contributed by atoms with Gasteiger partial charge in [0.2, 0.25) is 0 Å². The van der Waals surface area contributed by atoms with Gasteiger partial charge in [-0.15, -0.1) is 0 Å². The second kappa shape index (κ2) is 8.20. The molecule has 0 aromatic heterocycles. The molecule has 1 heterocycles. The highest BCUT2D eigenvalue weighted by Crippen LogP contribution is 2.30. The maximum Gasteiger partial charge on any atom is 0.156 e. The van der Waals surface area contributed by atoms with Crippen LogP contribution < -0.4 is 5.32 Å². The minimum absolute atomic E-state index is 0.263. The Labute approximate surface area is 118 Å². The highest BCUT2D eigenvalue weighted by molar-refractivity contribution is 8.14. The fourth-order valence-corrected chi connectivity index (χ4v) is 3.89. The van der Waals surface area contributed by atoms with E-state index in [-0.39, 0.29) is 5.25 Å². The number of rotatable bonds is 7. The van der Waals surface area contributed by atoms with Gasteiger partial charge in [-0.2, -0.15) is 0 Å². The average Bonchev–Trinajstić information content (AvgIpc) is 2.79. The minimum atomic E-state index is -0.717. The molecule has 0 radical (unpaired) electrons. The summed E-state index contributed by atoms with van der Waals surface area (Å²) in [6.07, 6.45) is 5.19. The van der Waals surface area contributed by atoms with Crippen LogP contribution in [0.2, 0.25) is 0 Å². The molecule has 0 amide bonds. The molecule has 1 aliphatic heterocycles. The zero-order valence-electron chi connectivity index (χ0n) is 11.9. The van der Waals surface area contributed by atoms with Gasteiger partial charge >= 0.3 is 0 Å². The Balaban J connectivity index is 2.24. The van der Waals surface area contributed by atoms with E-state index in [9.17, 15) is 4.21 Å². The van der Waals surface area contributed by atoms with Crippen LogP contribution in [-0.4, -0.2) is 39.2 Å². The van der Waals surface area contributed by atoms with E-state index in [0.717, 1.165) is 30.6 Å². The van der Waals surface area contributed by atoms with Gasteiger partial charge in [-0.05, 0) is 12.3 Å². The monoisotopic (exact) mass is 290 g/mol. The van der Waals surface area contributed by atoms with Crippen LogP contribution in [0.5, 0.6) is 0 Å². The molecule has 1 aliphatic rings. The lowest BCUT2D eigenvalue weighted by molar-refractivity contribution is 0.479. The molecule has 0 saturated carbocycles. The van der Waals surface area contributed by atoms with E-state index in [1.807, 2.05) is 18.7 Å². The maximum absolute atomic E-state index is 11.2. The van der Waals surface area contributed by atoms with Gasteiger partial charge in [0.1, 0.15) is 0 Å². The summed E-state index contributed by atoms with van der Waals surface area (Å²) in [5.74, 6) is 0.778. The van der Waals surface area contributed by atoms with Crippen molar-refractivity contribution in [2.45, 2.75) is 50.5 Å². The van der Waals surface area contributed by atoms with Crippen LogP contribution in [-0.2, 0) is 10.8 Å². The number of amidine groups is 1. The van der Waals surface area contributed by atoms with Crippen molar-refractivity contribution in [3.05, 3.63) is 0 Å². The number of hydrogen-bond donors (Lipinski definition) is 1. The second-order valence-electron chi connectivity index (χ2n) is 4.90. The van der Waals surface area contributed by atoms with Crippen molar-refractivity contribution in [2.24, 2.45) is 10.9 Å². The van der Waals surface area contributed by atoms with Crippen molar-refractivity contribution >= 4 is 27.7 Å². The first kappa shape index (κ1) is 16.0. The zero-order valence-corrected chi connectivity index (χ0v) is 13.6. The molecule has 3 unspecified atom stereocenters. The van der Waals surface area contributed by atoms with Crippen LogP contribution in [0.15, 0.2) is 4.99 Å². The lowest BCUT2D eigenvalue weighted by Gasteiger charge is -2.18. The van der Waals surface area contributed by atoms with Crippen LogP contribution in [0.3, 0.4) is 0 Å². The fraction of sp³-hybridized carbons (Fsp3) is 0.923. The smallest absolute Gasteiger partial charge is 0.156 e. The summed E-state index contributed by atoms with van der Waals surface area (Å²) in [7, 11) is -0.717. The lowest BCUT2D eigenvalue weighted by Crippen LogP contribution is -2.25. The molecule has 5 heteroatoms. The standard InChI is InChI=1S/C13H26N2OS2/c1-5-11(6-2)12-9-15-13(17-12)14-8-7-10(3)18(4)16/h10-12H,5-9H2,1-4H3,(H,14,15). The molecule has 0 aliphatic carbocycles. The van der Waals surface area contributed by atoms with Crippen LogP contribution in [0, 0.1) is 5.92 Å². The molecule has 18 heavy (non-hydrogen) atoms. The molecule has 3 nitrogen and oxygen atoms in total. The van der Waals surface area contributed by atoms with Crippen molar-refractivity contribution in [2.75, 3.05) is 19.3 Å². The molecular weight excluding hydrogens is 264 g/mol. The van der Waals surface area contributed by atoms with E-state index < -0.39 is 10.8 Å². The molecule has 0 aromatic rings. The van der Waals surface area contributed by atoms with Gasteiger partial charge in [-0.25, -0.2) is 0 Å². The van der Waals surface area contributed by atoms with E-state index in [0.29, 0.717) is 5.25 Å². The first-order valence-electron chi connectivity index (χ1n) is 6.85. The Hall–Kier alpha value is -0.0300. The number of thioether (sulfide) groups is 1. The first-order valence-corrected chi connectivity index (χ1v) is 9.35. The topological polar surface area (TPSA) is 41.5 Å². The summed E-state index contributed by atoms with van der Waals surface area (Å²) >= 11 is 1.89. The van der Waals surface area contributed by atoms with Gasteiger partial charge in [-0.3, -0.25) is 9.20 Å². The predicted octanol–water partition coefficient (Wildman–Crippen LogP) is 2.64. The quantitative estimate of drug-likeness (QED) is 0.784. The van der Waals surface area contributed by atoms with Crippen molar-refractivity contribution < 1.29 is 4.21 Å². The number of nitrogens with one attached hydrogen (secondary N) is 1. The molecule has 1 N–H and O–H groups in total. The van der Waals surface area contributed by atoms with Gasteiger partial charge in [0, 0.05) is 34.1 Å². The number of aliphatic imine (C=N–C) groups is 1. The minimum Gasteiger partial charge on any atom is -0.365 e. The molecule has 0 fully saturated rings. The van der Waals surface area contributed by atoms with Crippen molar-refractivity contribution in [1.82, 2.24) is 5.32 Å². The SMILES string of the molecule is CCC(CC)C1CN=C(NCCC(C)S(C)=O)S1. The van der Waals surface area contributed by atoms with Crippen molar-refractivity contribution in [3.63, 3.8) is 0 Å². The Morgan fingerprint density at radius 3 is 2.72 bits per heavy atom. The van der Waals surface area contributed by atoms with Gasteiger partial charge < -0.3 is 5.32 Å². The Kier molecular flexibility index (Phi) is 7.30. The molecule has 106 valence electrons. The highest BCUT2D eigenvalue weighted by atomic mass is 32.2. The molecule has 0 spiro atoms. The molecule has 3 atom stereocenters. The highest BCUT2D eigenvalue weighted by Gasteiger charge is 2.25. The van der Waals surface area contributed by atoms with Gasteiger partial charge in [0.05, 0.1) is 6.54 Å². The largest absolute Gasteiger partial charge is 0.365 e. The lowest BCUT2D eigenvalue weighted by atomic mass is 9.99. The Morgan fingerprint density at radius 2 is 2.17 bits per heavy atom. The molecule has 0 aromatic carbocycles. The van der Waals surface area contributed by atoms with E-state index >= 15 is 0 Å². The molecule has 1 rings (SSSR count). The summed E-state index contributed by atoms with van der Waals surface area (Å²) in [6, 6.07) is 0. The normalized spacial score (nSPS) is 22.9. The van der Waals surface area contributed by atoms with E-state index in [1.54, 1.807) is 6.26 Å². The molecule has 0 saturated heterocycles. The zero-order chi connectivity index (χ0) is 13.5. The van der Waals surface area contributed by atoms with Crippen molar-refractivity contribution in [3.8, 4) is 0 Å². The van der Waals surface area contributed by atoms with Crippen LogP contribution >= 0.6 is 11.8 Å². The average molecular weight is 290 g/mol. The third-order valence-corrected chi connectivity index (χ3v) is 6.35. The van der Waals surface area contributed by atoms with Gasteiger partial charge in [0.25, 0.3) is 0 Å². The summed E-state index contributed by atoms with van der Waals surface area (Å²) < 4.78 is 11.2. The van der Waals surface area contributed by atoms with E-state index in [1.165, 1.54) is 12.8 Å². The van der Waals surface area contributed by atoms with E-state index in [4.69, 9.17) is 0 Å². The van der Waals surface area contributed by atoms with Crippen LogP contribution in [0.4, 0.5) is 0 Å². The summed E-state index contributed by atoms with van der Waals surface area (Å²) in [4.78, 5) is 4.57. The van der Waals surface area contributed by atoms with Gasteiger partial charge in [0.15, 0.2) is 5.17 Å². The van der Waals surface area contributed by atoms with Crippen LogP contribution in [0.1, 0.15) is 40.0 Å². The first-order chi connectivity index (χ1) is 8.58. The van der Waals surface area contributed by atoms with E-state index in [2.05, 4.69) is 24.2 Å². The Bertz CT molecular complexity index is 303. The molecule has 0 bridgehead atoms. The number of hydrogen-bond acceptors (Lipinski definition) is 4. The maximum atomic E-state index is 11.2. The second-order valence-corrected chi connectivity index (χ2v) is 7.93. The third-order valence-electron chi connectivity index (χ3n) is 3.65. The summed E-state index contributed by atoms with van der Waals surface area (Å²) in [5, 5.41) is 5.38. The summed E-state index contributed by atoms with van der Waals surface area (Å²) in [6.45, 7) is 8.39. The third kappa shape index (κ3) is 4.92. The van der Waals surface area contributed by atoms with Crippen LogP contribution in [0.25, 0.3) is 0 Å². The Morgan fingerprint density at radius 1 is 1.50 bits per heavy atom. The molecular formula is C13H26N2OS2. The fourth-order valence-electron chi connectivity index (χ4n) is 2.10. The van der Waals surface area contributed by atoms with Gasteiger partial charge in [-0.1, -0.05) is 45.4 Å².